The van der Waals surface area contributed by atoms with E-state index in [1.54, 1.807) is 36.4 Å². The number of aliphatic hydroxyl groups is 1. The minimum absolute atomic E-state index is 0.105. The van der Waals surface area contributed by atoms with Gasteiger partial charge in [0.2, 0.25) is 5.89 Å². The molecule has 5 nitrogen and oxygen atoms in total. The molecule has 2 aromatic heterocycles. The molecule has 0 radical (unpaired) electrons. The molecule has 4 aromatic rings. The van der Waals surface area contributed by atoms with Crippen LogP contribution >= 0.6 is 11.3 Å². The number of aryl methyl sites for hydroxylation is 1. The Kier molecular flexibility index (Phi) is 4.90. The molecule has 1 N–H and O–H groups in total. The predicted molar refractivity (Wildman–Crippen MR) is 108 cm³/mol. The average Bonchev–Trinajstić information content (AvgIpc) is 3.09. The van der Waals surface area contributed by atoms with Crippen molar-refractivity contribution in [2.24, 2.45) is 0 Å². The summed E-state index contributed by atoms with van der Waals surface area (Å²) >= 11 is 1.39. The fourth-order valence-corrected chi connectivity index (χ4v) is 3.96. The van der Waals surface area contributed by atoms with Crippen molar-refractivity contribution in [2.45, 2.75) is 20.0 Å². The summed E-state index contributed by atoms with van der Waals surface area (Å²) in [5, 5.41) is 11.7. The van der Waals surface area contributed by atoms with Gasteiger partial charge in [-0.2, -0.15) is 4.98 Å². The number of aliphatic hydroxyl groups excluding tert-OH is 1. The number of nitrogens with zero attached hydrogens (tertiary/aromatic N) is 1. The Balaban J connectivity index is 1.56. The summed E-state index contributed by atoms with van der Waals surface area (Å²) in [6, 6.07) is 14.1. The van der Waals surface area contributed by atoms with E-state index in [0.29, 0.717) is 39.3 Å². The first-order chi connectivity index (χ1) is 13.5. The van der Waals surface area contributed by atoms with Gasteiger partial charge in [-0.3, -0.25) is 9.59 Å². The predicted octanol–water partition coefficient (Wildman–Crippen LogP) is 3.87. The highest BCUT2D eigenvalue weighted by atomic mass is 32.1. The van der Waals surface area contributed by atoms with Crippen molar-refractivity contribution in [3.8, 4) is 0 Å². The summed E-state index contributed by atoms with van der Waals surface area (Å²) in [5.41, 5.74) is 3.28. The van der Waals surface area contributed by atoms with Crippen molar-refractivity contribution in [1.82, 2.24) is 4.98 Å². The van der Waals surface area contributed by atoms with E-state index in [1.165, 1.54) is 11.3 Å². The van der Waals surface area contributed by atoms with Gasteiger partial charge in [-0.1, -0.05) is 42.5 Å². The number of aromatic nitrogens is 1. The van der Waals surface area contributed by atoms with Gasteiger partial charge in [0.15, 0.2) is 10.7 Å². The number of hydrogen-bond acceptors (Lipinski definition) is 6. The lowest BCUT2D eigenvalue weighted by Crippen LogP contribution is -2.09. The molecule has 28 heavy (non-hydrogen) atoms. The molecule has 4 rings (SSSR count). The van der Waals surface area contributed by atoms with Gasteiger partial charge in [0.1, 0.15) is 0 Å². The second-order valence-electron chi connectivity index (χ2n) is 6.56. The SMILES string of the molecule is Cc1csc2oc(Cc3ccc(C(=O)c4cccc(CO)c4)cc3)nc(=O)c12. The maximum Gasteiger partial charge on any atom is 0.284 e. The first-order valence-corrected chi connectivity index (χ1v) is 9.64. The molecular formula is C22H17NO4S. The molecule has 0 spiro atoms. The smallest absolute Gasteiger partial charge is 0.284 e. The fourth-order valence-electron chi connectivity index (χ4n) is 3.05. The van der Waals surface area contributed by atoms with Crippen molar-refractivity contribution in [2.75, 3.05) is 0 Å². The van der Waals surface area contributed by atoms with Crippen molar-refractivity contribution < 1.29 is 14.3 Å². The minimum atomic E-state index is -0.273. The van der Waals surface area contributed by atoms with E-state index in [0.717, 1.165) is 11.1 Å². The molecule has 0 unspecified atom stereocenters. The molecule has 0 atom stereocenters. The lowest BCUT2D eigenvalue weighted by Gasteiger charge is -2.05. The number of hydrogen-bond donors (Lipinski definition) is 1. The summed E-state index contributed by atoms with van der Waals surface area (Å²) in [6.45, 7) is 1.76. The van der Waals surface area contributed by atoms with Gasteiger partial charge in [-0.05, 0) is 35.1 Å². The summed E-state index contributed by atoms with van der Waals surface area (Å²) < 4.78 is 5.76. The maximum atomic E-state index is 12.6. The van der Waals surface area contributed by atoms with Gasteiger partial charge in [-0.15, -0.1) is 11.3 Å². The molecular weight excluding hydrogens is 374 g/mol. The van der Waals surface area contributed by atoms with Crippen molar-refractivity contribution in [1.29, 1.82) is 0 Å². The van der Waals surface area contributed by atoms with Crippen LogP contribution < -0.4 is 5.56 Å². The Morgan fingerprint density at radius 3 is 2.64 bits per heavy atom. The standard InChI is InChI=1S/C22H17NO4S/c1-13-12-28-22-19(13)21(26)23-18(27-22)10-14-5-7-16(8-6-14)20(25)17-4-2-3-15(9-17)11-24/h2-9,12,24H,10-11H2,1H3. The summed E-state index contributed by atoms with van der Waals surface area (Å²) in [7, 11) is 0. The van der Waals surface area contributed by atoms with E-state index < -0.39 is 0 Å². The number of carbonyl (C=O) groups excluding carboxylic acids is 1. The topological polar surface area (TPSA) is 80.4 Å². The van der Waals surface area contributed by atoms with E-state index in [-0.39, 0.29) is 17.9 Å². The molecule has 0 amide bonds. The van der Waals surface area contributed by atoms with Gasteiger partial charge in [0.25, 0.3) is 5.56 Å². The Labute approximate surface area is 164 Å². The van der Waals surface area contributed by atoms with Gasteiger partial charge in [0.05, 0.1) is 12.0 Å². The Morgan fingerprint density at radius 2 is 1.89 bits per heavy atom. The Morgan fingerprint density at radius 1 is 1.11 bits per heavy atom. The summed E-state index contributed by atoms with van der Waals surface area (Å²) in [6.07, 6.45) is 0.372. The molecule has 2 aromatic carbocycles. The second-order valence-corrected chi connectivity index (χ2v) is 7.40. The number of fused-ring (bicyclic) bond motifs is 1. The molecule has 0 aliphatic rings. The van der Waals surface area contributed by atoms with Crippen LogP contribution in [0.15, 0.2) is 63.1 Å². The lowest BCUT2D eigenvalue weighted by molar-refractivity contribution is 0.103. The number of ketones is 1. The number of benzene rings is 2. The molecule has 0 bridgehead atoms. The van der Waals surface area contributed by atoms with Crippen LogP contribution in [0, 0.1) is 6.92 Å². The first kappa shape index (κ1) is 18.3. The third kappa shape index (κ3) is 3.52. The van der Waals surface area contributed by atoms with Crippen LogP contribution in [-0.2, 0) is 13.0 Å². The second kappa shape index (κ2) is 7.50. The molecule has 2 heterocycles. The largest absolute Gasteiger partial charge is 0.431 e. The highest BCUT2D eigenvalue weighted by Gasteiger charge is 2.13. The van der Waals surface area contributed by atoms with Crippen molar-refractivity contribution in [3.63, 3.8) is 0 Å². The maximum absolute atomic E-state index is 12.6. The normalized spacial score (nSPS) is 11.1. The van der Waals surface area contributed by atoms with Crippen LogP contribution in [0.25, 0.3) is 10.3 Å². The number of thiophene rings is 1. The lowest BCUT2D eigenvalue weighted by atomic mass is 10.00. The van der Waals surface area contributed by atoms with Crippen molar-refractivity contribution in [3.05, 3.63) is 98.0 Å². The van der Waals surface area contributed by atoms with Crippen LogP contribution in [0.2, 0.25) is 0 Å². The third-order valence-corrected chi connectivity index (χ3v) is 5.51. The molecule has 0 fully saturated rings. The molecule has 6 heteroatoms. The van der Waals surface area contributed by atoms with Crippen LogP contribution in [0.3, 0.4) is 0 Å². The van der Waals surface area contributed by atoms with E-state index in [1.807, 2.05) is 24.4 Å². The highest BCUT2D eigenvalue weighted by Crippen LogP contribution is 2.23. The Hall–Kier alpha value is -3.09. The fraction of sp³-hybridized carbons (Fsp3) is 0.136. The van der Waals surface area contributed by atoms with Gasteiger partial charge < -0.3 is 9.52 Å². The van der Waals surface area contributed by atoms with Gasteiger partial charge in [-0.25, -0.2) is 0 Å². The van der Waals surface area contributed by atoms with Gasteiger partial charge in [0, 0.05) is 17.5 Å². The molecule has 0 aliphatic heterocycles. The Bertz CT molecular complexity index is 1220. The monoisotopic (exact) mass is 391 g/mol. The van der Waals surface area contributed by atoms with Crippen LogP contribution in [0.5, 0.6) is 0 Å². The molecule has 140 valence electrons. The molecule has 0 aliphatic carbocycles. The zero-order valence-corrected chi connectivity index (χ0v) is 16.0. The number of rotatable bonds is 5. The summed E-state index contributed by atoms with van der Waals surface area (Å²) in [4.78, 5) is 29.5. The zero-order valence-electron chi connectivity index (χ0n) is 15.1. The highest BCUT2D eigenvalue weighted by molar-refractivity contribution is 7.16. The molecule has 0 saturated carbocycles. The van der Waals surface area contributed by atoms with E-state index in [4.69, 9.17) is 4.42 Å². The number of carbonyl (C=O) groups is 1. The quantitative estimate of drug-likeness (QED) is 0.522. The molecule has 0 saturated heterocycles. The van der Waals surface area contributed by atoms with Crippen LogP contribution in [0.1, 0.15) is 38.5 Å². The third-order valence-electron chi connectivity index (χ3n) is 4.54. The van der Waals surface area contributed by atoms with E-state index in [2.05, 4.69) is 4.98 Å². The summed E-state index contributed by atoms with van der Waals surface area (Å²) in [5.74, 6) is 0.246. The van der Waals surface area contributed by atoms with Crippen molar-refractivity contribution >= 4 is 27.4 Å². The van der Waals surface area contributed by atoms with E-state index >= 15 is 0 Å². The average molecular weight is 391 g/mol. The van der Waals surface area contributed by atoms with E-state index in [9.17, 15) is 14.7 Å². The first-order valence-electron chi connectivity index (χ1n) is 8.76. The van der Waals surface area contributed by atoms with Crippen LogP contribution in [-0.4, -0.2) is 15.9 Å². The van der Waals surface area contributed by atoms with Gasteiger partial charge >= 0.3 is 0 Å². The van der Waals surface area contributed by atoms with Crippen LogP contribution in [0.4, 0.5) is 0 Å². The minimum Gasteiger partial charge on any atom is -0.431 e. The zero-order chi connectivity index (χ0) is 19.7.